The van der Waals surface area contributed by atoms with Crippen LogP contribution in [0.2, 0.25) is 0 Å². The number of rotatable bonds is 3. The molecular weight excluding hydrogens is 290 g/mol. The van der Waals surface area contributed by atoms with E-state index in [-0.39, 0.29) is 17.1 Å². The highest BCUT2D eigenvalue weighted by Crippen LogP contribution is 2.26. The molecule has 2 aromatic carbocycles. The molecule has 8 heteroatoms. The number of sulfonamides is 1. The number of nitrogens with two attached hydrogens (primary N) is 1. The summed E-state index contributed by atoms with van der Waals surface area (Å²) in [6, 6.07) is 5.62. The number of benzene rings is 2. The van der Waals surface area contributed by atoms with Crippen LogP contribution in [0.15, 0.2) is 41.3 Å². The van der Waals surface area contributed by atoms with Gasteiger partial charge in [0.05, 0.1) is 11.4 Å². The Balaban J connectivity index is 2.43. The van der Waals surface area contributed by atoms with Crippen molar-refractivity contribution in [2.24, 2.45) is 0 Å². The Morgan fingerprint density at radius 2 is 1.80 bits per heavy atom. The molecule has 0 amide bonds. The number of aromatic hydroxyl groups is 1. The first-order chi connectivity index (χ1) is 9.29. The predicted octanol–water partition coefficient (Wildman–Crippen LogP) is 2.05. The summed E-state index contributed by atoms with van der Waals surface area (Å²) in [7, 11) is -4.33. The van der Waals surface area contributed by atoms with Crippen LogP contribution >= 0.6 is 0 Å². The molecule has 0 radical (unpaired) electrons. The maximum atomic E-state index is 13.5. The summed E-state index contributed by atoms with van der Waals surface area (Å²) in [6.07, 6.45) is 0. The molecule has 106 valence electrons. The fraction of sp³-hybridized carbons (Fsp3) is 0. The lowest BCUT2D eigenvalue weighted by Gasteiger charge is -2.11. The largest absolute Gasteiger partial charge is 0.508 e. The highest BCUT2D eigenvalue weighted by molar-refractivity contribution is 7.92. The highest BCUT2D eigenvalue weighted by atomic mass is 32.2. The molecule has 20 heavy (non-hydrogen) atoms. The lowest BCUT2D eigenvalue weighted by molar-refractivity contribution is 0.475. The maximum absolute atomic E-state index is 13.5. The summed E-state index contributed by atoms with van der Waals surface area (Å²) in [5, 5.41) is 9.17. The smallest absolute Gasteiger partial charge is 0.264 e. The van der Waals surface area contributed by atoms with Gasteiger partial charge in [-0.2, -0.15) is 0 Å². The molecule has 0 heterocycles. The summed E-state index contributed by atoms with van der Waals surface area (Å²) in [5.74, 6) is -2.12. The van der Waals surface area contributed by atoms with Gasteiger partial charge in [-0.1, -0.05) is 0 Å². The second-order valence-electron chi connectivity index (χ2n) is 3.95. The predicted molar refractivity (Wildman–Crippen MR) is 69.7 cm³/mol. The van der Waals surface area contributed by atoms with E-state index in [9.17, 15) is 17.2 Å². The Bertz CT molecular complexity index is 763. The number of hydrogen-bond donors (Lipinski definition) is 3. The minimum Gasteiger partial charge on any atom is -0.508 e. The van der Waals surface area contributed by atoms with Crippen LogP contribution in [0.3, 0.4) is 0 Å². The molecule has 4 N–H and O–H groups in total. The fourth-order valence-electron chi connectivity index (χ4n) is 1.53. The van der Waals surface area contributed by atoms with E-state index >= 15 is 0 Å². The molecule has 0 aromatic heterocycles. The van der Waals surface area contributed by atoms with E-state index in [1.165, 1.54) is 12.1 Å². The van der Waals surface area contributed by atoms with Gasteiger partial charge in [0.15, 0.2) is 0 Å². The number of halogens is 2. The van der Waals surface area contributed by atoms with E-state index < -0.39 is 26.6 Å². The van der Waals surface area contributed by atoms with Crippen LogP contribution in [0, 0.1) is 11.6 Å². The SMILES string of the molecule is Nc1cc(O)ccc1NS(=O)(=O)c1cc(F)ccc1F. The van der Waals surface area contributed by atoms with E-state index in [1.807, 2.05) is 4.72 Å². The van der Waals surface area contributed by atoms with Crippen molar-refractivity contribution in [3.63, 3.8) is 0 Å². The molecular formula is C12H10F2N2O3S. The highest BCUT2D eigenvalue weighted by Gasteiger charge is 2.21. The number of hydrogen-bond acceptors (Lipinski definition) is 4. The van der Waals surface area contributed by atoms with Crippen LogP contribution in [0.5, 0.6) is 5.75 Å². The molecule has 0 aliphatic heterocycles. The van der Waals surface area contributed by atoms with Crippen molar-refractivity contribution < 1.29 is 22.3 Å². The lowest BCUT2D eigenvalue weighted by Crippen LogP contribution is -2.15. The Labute approximate surface area is 113 Å². The fourth-order valence-corrected chi connectivity index (χ4v) is 2.70. The Morgan fingerprint density at radius 1 is 1.10 bits per heavy atom. The number of anilines is 2. The molecule has 0 fully saturated rings. The van der Waals surface area contributed by atoms with E-state index in [0.717, 1.165) is 12.1 Å². The van der Waals surface area contributed by atoms with Crippen molar-refractivity contribution in [3.05, 3.63) is 48.0 Å². The van der Waals surface area contributed by atoms with Crippen molar-refractivity contribution in [3.8, 4) is 5.75 Å². The van der Waals surface area contributed by atoms with Gasteiger partial charge in [0.1, 0.15) is 22.3 Å². The first-order valence-corrected chi connectivity index (χ1v) is 6.84. The summed E-state index contributed by atoms with van der Waals surface area (Å²) in [6.45, 7) is 0. The average Bonchev–Trinajstić information content (AvgIpc) is 2.35. The van der Waals surface area contributed by atoms with Gasteiger partial charge < -0.3 is 10.8 Å². The molecule has 2 rings (SSSR count). The van der Waals surface area contributed by atoms with Gasteiger partial charge in [0, 0.05) is 6.07 Å². The van der Waals surface area contributed by atoms with Crippen LogP contribution in [0.4, 0.5) is 20.2 Å². The zero-order valence-electron chi connectivity index (χ0n) is 9.97. The zero-order chi connectivity index (χ0) is 14.9. The number of phenolic OH excluding ortho intramolecular Hbond substituents is 1. The van der Waals surface area contributed by atoms with Gasteiger partial charge >= 0.3 is 0 Å². The lowest BCUT2D eigenvalue weighted by atomic mass is 10.2. The van der Waals surface area contributed by atoms with Gasteiger partial charge in [-0.25, -0.2) is 17.2 Å². The van der Waals surface area contributed by atoms with E-state index in [0.29, 0.717) is 12.1 Å². The van der Waals surface area contributed by atoms with E-state index in [4.69, 9.17) is 10.8 Å². The van der Waals surface area contributed by atoms with Crippen molar-refractivity contribution in [2.45, 2.75) is 4.90 Å². The standard InChI is InChI=1S/C12H10F2N2O3S/c13-7-1-3-9(14)12(5-7)20(18,19)16-11-4-2-8(17)6-10(11)15/h1-6,16-17H,15H2. The first kappa shape index (κ1) is 14.1. The van der Waals surface area contributed by atoms with Gasteiger partial charge in [-0.15, -0.1) is 0 Å². The van der Waals surface area contributed by atoms with Gasteiger partial charge in [-0.05, 0) is 30.3 Å². The minimum atomic E-state index is -4.33. The second kappa shape index (κ2) is 4.97. The topological polar surface area (TPSA) is 92.4 Å². The molecule has 0 spiro atoms. The van der Waals surface area contributed by atoms with Crippen LogP contribution in [0.1, 0.15) is 0 Å². The number of nitrogen functional groups attached to an aromatic ring is 1. The van der Waals surface area contributed by atoms with Crippen LogP contribution < -0.4 is 10.5 Å². The molecule has 0 saturated heterocycles. The van der Waals surface area contributed by atoms with Crippen molar-refractivity contribution in [1.82, 2.24) is 0 Å². The van der Waals surface area contributed by atoms with Crippen molar-refractivity contribution >= 4 is 21.4 Å². The first-order valence-electron chi connectivity index (χ1n) is 5.36. The third-order valence-electron chi connectivity index (χ3n) is 2.46. The second-order valence-corrected chi connectivity index (χ2v) is 5.60. The van der Waals surface area contributed by atoms with Crippen LogP contribution in [0.25, 0.3) is 0 Å². The third-order valence-corrected chi connectivity index (χ3v) is 3.84. The van der Waals surface area contributed by atoms with Crippen molar-refractivity contribution in [1.29, 1.82) is 0 Å². The Hall–Kier alpha value is -2.35. The van der Waals surface area contributed by atoms with Gasteiger partial charge in [0.25, 0.3) is 10.0 Å². The molecule has 0 aliphatic rings. The Kier molecular flexibility index (Phi) is 3.49. The van der Waals surface area contributed by atoms with Gasteiger partial charge in [0.2, 0.25) is 0 Å². The minimum absolute atomic E-state index is 0.0496. The summed E-state index contributed by atoms with van der Waals surface area (Å²) in [5.41, 5.74) is 5.42. The molecule has 0 saturated carbocycles. The molecule has 0 atom stereocenters. The van der Waals surface area contributed by atoms with E-state index in [1.54, 1.807) is 0 Å². The molecule has 5 nitrogen and oxygen atoms in total. The monoisotopic (exact) mass is 300 g/mol. The summed E-state index contributed by atoms with van der Waals surface area (Å²) < 4.78 is 52.5. The molecule has 0 aliphatic carbocycles. The summed E-state index contributed by atoms with van der Waals surface area (Å²) in [4.78, 5) is -0.829. The third kappa shape index (κ3) is 2.80. The Morgan fingerprint density at radius 3 is 2.45 bits per heavy atom. The summed E-state index contributed by atoms with van der Waals surface area (Å²) >= 11 is 0. The van der Waals surface area contributed by atoms with E-state index in [2.05, 4.69) is 0 Å². The number of phenols is 1. The van der Waals surface area contributed by atoms with Crippen LogP contribution in [-0.4, -0.2) is 13.5 Å². The average molecular weight is 300 g/mol. The molecule has 0 bridgehead atoms. The quantitative estimate of drug-likeness (QED) is 0.597. The normalized spacial score (nSPS) is 11.3. The number of nitrogens with one attached hydrogen (secondary N) is 1. The zero-order valence-corrected chi connectivity index (χ0v) is 10.8. The molecule has 0 unspecified atom stereocenters. The van der Waals surface area contributed by atoms with Gasteiger partial charge in [-0.3, -0.25) is 4.72 Å². The van der Waals surface area contributed by atoms with Crippen molar-refractivity contribution in [2.75, 3.05) is 10.5 Å². The maximum Gasteiger partial charge on any atom is 0.264 e. The molecule has 2 aromatic rings. The van der Waals surface area contributed by atoms with Crippen LogP contribution in [-0.2, 0) is 10.0 Å².